The number of likely N-dealkylation sites (tertiary alicyclic amines) is 1. The van der Waals surface area contributed by atoms with Crippen LogP contribution in [0.2, 0.25) is 5.02 Å². The molecule has 3 aromatic rings. The van der Waals surface area contributed by atoms with Gasteiger partial charge < -0.3 is 28.6 Å². The van der Waals surface area contributed by atoms with Crippen LogP contribution in [0.5, 0.6) is 11.5 Å². The molecule has 248 valence electrons. The smallest absolute Gasteiger partial charge is 0.325 e. The summed E-state index contributed by atoms with van der Waals surface area (Å²) in [6, 6.07) is 7.93. The Hall–Kier alpha value is -3.54. The van der Waals surface area contributed by atoms with E-state index < -0.39 is 0 Å². The van der Waals surface area contributed by atoms with Gasteiger partial charge in [-0.25, -0.2) is 9.78 Å². The van der Waals surface area contributed by atoms with Gasteiger partial charge in [-0.05, 0) is 43.5 Å². The highest BCUT2D eigenvalue weighted by atomic mass is 35.5. The molecule has 3 amide bonds. The van der Waals surface area contributed by atoms with Gasteiger partial charge in [-0.1, -0.05) is 31.4 Å². The largest absolute Gasteiger partial charge is 0.493 e. The van der Waals surface area contributed by atoms with E-state index in [1.165, 1.54) is 0 Å². The number of rotatable bonds is 12. The summed E-state index contributed by atoms with van der Waals surface area (Å²) in [5.74, 6) is 1.34. The molecule has 2 aromatic heterocycles. The number of ether oxygens (including phenoxy) is 3. The molecule has 6 rings (SSSR count). The first-order valence-electron chi connectivity index (χ1n) is 16.5. The van der Waals surface area contributed by atoms with Crippen molar-refractivity contribution in [3.8, 4) is 11.5 Å². The van der Waals surface area contributed by atoms with Crippen LogP contribution < -0.4 is 14.4 Å². The quantitative estimate of drug-likeness (QED) is 0.254. The number of nitrogens with zero attached hydrogens (tertiary/aromatic N) is 6. The zero-order valence-electron chi connectivity index (χ0n) is 27.1. The fourth-order valence-electron chi connectivity index (χ4n) is 6.60. The second kappa shape index (κ2) is 14.5. The molecule has 0 spiro atoms. The van der Waals surface area contributed by atoms with Gasteiger partial charge in [0.05, 0.1) is 32.0 Å². The number of carbonyl (C=O) groups excluding carboxylic acids is 2. The first-order valence-corrected chi connectivity index (χ1v) is 16.9. The van der Waals surface area contributed by atoms with Crippen molar-refractivity contribution < 1.29 is 23.8 Å². The zero-order valence-corrected chi connectivity index (χ0v) is 27.9. The molecular weight excluding hydrogens is 608 g/mol. The van der Waals surface area contributed by atoms with Gasteiger partial charge in [0.25, 0.3) is 0 Å². The molecular formula is C34H45ClN6O5. The third kappa shape index (κ3) is 6.77. The number of hydrogen-bond donors (Lipinski definition) is 0. The first-order chi connectivity index (χ1) is 22.4. The van der Waals surface area contributed by atoms with Crippen molar-refractivity contribution in [1.29, 1.82) is 0 Å². The summed E-state index contributed by atoms with van der Waals surface area (Å²) in [6.07, 6.45) is 7.50. The number of methoxy groups -OCH3 is 1. The second-order valence-corrected chi connectivity index (χ2v) is 12.9. The minimum absolute atomic E-state index is 0.0308. The number of fused-ring (bicyclic) bond motifs is 1. The fraction of sp³-hybridized carbons (Fsp3) is 0.559. The summed E-state index contributed by atoms with van der Waals surface area (Å²) in [4.78, 5) is 39.8. The van der Waals surface area contributed by atoms with Gasteiger partial charge in [0.1, 0.15) is 12.2 Å². The van der Waals surface area contributed by atoms with E-state index in [2.05, 4.69) is 23.7 Å². The number of aromatic nitrogens is 2. The maximum absolute atomic E-state index is 14.0. The summed E-state index contributed by atoms with van der Waals surface area (Å²) < 4.78 is 18.9. The number of benzene rings is 1. The highest BCUT2D eigenvalue weighted by molar-refractivity contribution is 6.35. The SMILES string of the molecule is CCCCCOc1cc(N2CC[C@H](C)N(Cc3ccnc4c3c(Cl)cn4CC(=O)N3CC(N4CCOCC4)C3)C2=O)ccc1OC. The van der Waals surface area contributed by atoms with Crippen molar-refractivity contribution in [3.05, 3.63) is 47.2 Å². The number of halogens is 1. The Morgan fingerprint density at radius 3 is 2.67 bits per heavy atom. The van der Waals surface area contributed by atoms with E-state index in [1.54, 1.807) is 24.4 Å². The molecule has 0 radical (unpaired) electrons. The molecule has 0 unspecified atom stereocenters. The van der Waals surface area contributed by atoms with Crippen molar-refractivity contribution >= 4 is 40.3 Å². The molecule has 3 aliphatic rings. The van der Waals surface area contributed by atoms with Crippen LogP contribution >= 0.6 is 11.6 Å². The Bertz CT molecular complexity index is 1540. The van der Waals surface area contributed by atoms with Gasteiger partial charge in [-0.2, -0.15) is 0 Å². The first kappa shape index (κ1) is 32.4. The lowest BCUT2D eigenvalue weighted by atomic mass is 10.1. The van der Waals surface area contributed by atoms with Gasteiger partial charge in [0.15, 0.2) is 11.5 Å². The zero-order chi connectivity index (χ0) is 32.2. The van der Waals surface area contributed by atoms with Crippen LogP contribution in [0.4, 0.5) is 10.5 Å². The third-order valence-electron chi connectivity index (χ3n) is 9.46. The monoisotopic (exact) mass is 652 g/mol. The predicted octanol–water partition coefficient (Wildman–Crippen LogP) is 5.03. The highest BCUT2D eigenvalue weighted by Crippen LogP contribution is 2.35. The summed E-state index contributed by atoms with van der Waals surface area (Å²) >= 11 is 6.80. The number of hydrogen-bond acceptors (Lipinski definition) is 7. The molecule has 3 aliphatic heterocycles. The van der Waals surface area contributed by atoms with E-state index in [0.29, 0.717) is 47.9 Å². The topological polar surface area (TPSA) is 92.6 Å². The molecule has 3 fully saturated rings. The minimum Gasteiger partial charge on any atom is -0.493 e. The number of pyridine rings is 1. The lowest BCUT2D eigenvalue weighted by Gasteiger charge is -2.46. The Labute approximate surface area is 275 Å². The van der Waals surface area contributed by atoms with E-state index >= 15 is 0 Å². The number of carbonyl (C=O) groups is 2. The molecule has 1 aromatic carbocycles. The maximum Gasteiger partial charge on any atom is 0.325 e. The molecule has 0 bridgehead atoms. The Morgan fingerprint density at radius 1 is 1.11 bits per heavy atom. The lowest BCUT2D eigenvalue weighted by Crippen LogP contribution is -2.63. The van der Waals surface area contributed by atoms with Gasteiger partial charge in [0, 0.05) is 80.9 Å². The Balaban J connectivity index is 1.15. The number of anilines is 1. The average Bonchev–Trinajstić information content (AvgIpc) is 3.36. The molecule has 11 nitrogen and oxygen atoms in total. The Kier molecular flexibility index (Phi) is 10.2. The number of unbranched alkanes of at least 4 members (excludes halogenated alkanes) is 2. The maximum atomic E-state index is 14.0. The fourth-order valence-corrected chi connectivity index (χ4v) is 6.92. The van der Waals surface area contributed by atoms with E-state index in [4.69, 9.17) is 25.8 Å². The van der Waals surface area contributed by atoms with Gasteiger partial charge >= 0.3 is 6.03 Å². The van der Waals surface area contributed by atoms with E-state index in [0.717, 1.165) is 81.7 Å². The van der Waals surface area contributed by atoms with E-state index in [-0.39, 0.29) is 24.5 Å². The molecule has 46 heavy (non-hydrogen) atoms. The highest BCUT2D eigenvalue weighted by Gasteiger charge is 2.36. The van der Waals surface area contributed by atoms with Crippen LogP contribution in [0.1, 0.15) is 45.1 Å². The molecule has 3 saturated heterocycles. The summed E-state index contributed by atoms with van der Waals surface area (Å²) in [5, 5.41) is 1.30. The molecule has 0 aliphatic carbocycles. The van der Waals surface area contributed by atoms with Crippen LogP contribution in [0.15, 0.2) is 36.7 Å². The van der Waals surface area contributed by atoms with Crippen LogP contribution in [-0.2, 0) is 22.6 Å². The molecule has 12 heteroatoms. The number of amides is 3. The van der Waals surface area contributed by atoms with Crippen LogP contribution in [-0.4, -0.2) is 108 Å². The van der Waals surface area contributed by atoms with Crippen molar-refractivity contribution in [3.63, 3.8) is 0 Å². The summed E-state index contributed by atoms with van der Waals surface area (Å²) in [7, 11) is 1.63. The third-order valence-corrected chi connectivity index (χ3v) is 9.75. The molecule has 0 saturated carbocycles. The van der Waals surface area contributed by atoms with Crippen LogP contribution in [0.25, 0.3) is 11.0 Å². The summed E-state index contributed by atoms with van der Waals surface area (Å²) in [5.41, 5.74) is 2.32. The summed E-state index contributed by atoms with van der Waals surface area (Å²) in [6.45, 7) is 10.8. The molecule has 1 atom stereocenters. The van der Waals surface area contributed by atoms with Crippen molar-refractivity contribution in [2.45, 2.75) is 64.7 Å². The van der Waals surface area contributed by atoms with Gasteiger partial charge in [-0.15, -0.1) is 0 Å². The van der Waals surface area contributed by atoms with Crippen molar-refractivity contribution in [2.75, 3.05) is 64.6 Å². The van der Waals surface area contributed by atoms with Gasteiger partial charge in [-0.3, -0.25) is 14.6 Å². The molecule has 5 heterocycles. The number of morpholine rings is 1. The second-order valence-electron chi connectivity index (χ2n) is 12.5. The van der Waals surface area contributed by atoms with Crippen molar-refractivity contribution in [2.24, 2.45) is 0 Å². The average molecular weight is 653 g/mol. The normalized spacial score (nSPS) is 19.5. The van der Waals surface area contributed by atoms with E-state index in [1.807, 2.05) is 38.6 Å². The predicted molar refractivity (Wildman–Crippen MR) is 178 cm³/mol. The van der Waals surface area contributed by atoms with Gasteiger partial charge in [0.2, 0.25) is 5.91 Å². The molecule has 0 N–H and O–H groups in total. The van der Waals surface area contributed by atoms with Crippen LogP contribution in [0.3, 0.4) is 0 Å². The number of urea groups is 1. The van der Waals surface area contributed by atoms with E-state index in [9.17, 15) is 9.59 Å². The van der Waals surface area contributed by atoms with Crippen LogP contribution in [0, 0.1) is 0 Å². The Morgan fingerprint density at radius 2 is 1.91 bits per heavy atom. The lowest BCUT2D eigenvalue weighted by molar-refractivity contribution is -0.140. The standard InChI is InChI=1S/C34H45ClN6O5/c1-4-5-6-15-46-30-18-26(7-8-29(30)44-3)40-12-10-24(2)41(34(40)43)19-25-9-11-36-33-32(25)28(35)22-39(33)23-31(42)38-20-27(21-38)37-13-16-45-17-14-37/h7-9,11,18,22,24,27H,4-6,10,12-17,19-21,23H2,1-3H3/t24-/m0/s1. The van der Waals surface area contributed by atoms with Crippen molar-refractivity contribution in [1.82, 2.24) is 24.3 Å². The minimum atomic E-state index is -0.0795.